The molecule has 0 saturated carbocycles. The van der Waals surface area contributed by atoms with Gasteiger partial charge in [-0.15, -0.1) is 0 Å². The van der Waals surface area contributed by atoms with Crippen LogP contribution in [0.1, 0.15) is 34.7 Å². The Morgan fingerprint density at radius 1 is 0.714 bits per heavy atom. The summed E-state index contributed by atoms with van der Waals surface area (Å²) < 4.78 is 23.5. The molecule has 0 atom stereocenters. The summed E-state index contributed by atoms with van der Waals surface area (Å²) in [6, 6.07) is 23.2. The fourth-order valence-electron chi connectivity index (χ4n) is 3.12. The maximum absolute atomic E-state index is 11.7. The summed E-state index contributed by atoms with van der Waals surface area (Å²) >= 11 is 0. The third-order valence-corrected chi connectivity index (χ3v) is 5.91. The Hall–Kier alpha value is -2.73. The SMILES string of the molecule is CC(=C(c1ccc(C)cc1)c1ccc(C)cc1)c1ccc(S(=O)(=O)NO)cc1. The predicted octanol–water partition coefficient (Wildman–Crippen LogP) is 4.95. The minimum absolute atomic E-state index is 0.0128. The van der Waals surface area contributed by atoms with E-state index in [1.54, 1.807) is 12.1 Å². The van der Waals surface area contributed by atoms with Gasteiger partial charge in [0.1, 0.15) is 0 Å². The quantitative estimate of drug-likeness (QED) is 0.476. The Balaban J connectivity index is 2.16. The van der Waals surface area contributed by atoms with E-state index >= 15 is 0 Å². The Morgan fingerprint density at radius 3 is 1.50 bits per heavy atom. The number of hydrogen-bond donors (Lipinski definition) is 2. The molecule has 0 saturated heterocycles. The molecule has 3 aromatic carbocycles. The molecule has 0 heterocycles. The first kappa shape index (κ1) is 20.0. The van der Waals surface area contributed by atoms with Crippen molar-refractivity contribution in [2.24, 2.45) is 0 Å². The van der Waals surface area contributed by atoms with Gasteiger partial charge in [0.05, 0.1) is 4.90 Å². The van der Waals surface area contributed by atoms with Crippen molar-refractivity contribution in [2.45, 2.75) is 25.7 Å². The molecule has 0 aromatic heterocycles. The predicted molar refractivity (Wildman–Crippen MR) is 112 cm³/mol. The Bertz CT molecular complexity index is 1050. The van der Waals surface area contributed by atoms with Crippen molar-refractivity contribution in [3.8, 4) is 0 Å². The van der Waals surface area contributed by atoms with Gasteiger partial charge in [-0.2, -0.15) is 0 Å². The van der Waals surface area contributed by atoms with Crippen LogP contribution in [0, 0.1) is 13.8 Å². The second kappa shape index (κ2) is 8.10. The second-order valence-corrected chi connectivity index (χ2v) is 8.51. The zero-order valence-electron chi connectivity index (χ0n) is 16.1. The molecule has 0 bridgehead atoms. The zero-order chi connectivity index (χ0) is 20.3. The molecule has 0 aliphatic heterocycles. The first-order chi connectivity index (χ1) is 13.3. The number of hydrogen-bond acceptors (Lipinski definition) is 3. The molecular formula is C23H23NO3S. The van der Waals surface area contributed by atoms with Gasteiger partial charge in [0, 0.05) is 0 Å². The Kier molecular flexibility index (Phi) is 5.79. The highest BCUT2D eigenvalue weighted by Crippen LogP contribution is 2.32. The van der Waals surface area contributed by atoms with Crippen LogP contribution < -0.4 is 4.89 Å². The summed E-state index contributed by atoms with van der Waals surface area (Å²) in [6.45, 7) is 6.14. The highest BCUT2D eigenvalue weighted by atomic mass is 32.2. The summed E-state index contributed by atoms with van der Waals surface area (Å²) in [5.74, 6) is 0. The molecular weight excluding hydrogens is 370 g/mol. The number of benzene rings is 3. The lowest BCUT2D eigenvalue weighted by Crippen LogP contribution is -2.19. The van der Waals surface area contributed by atoms with E-state index in [0.29, 0.717) is 0 Å². The van der Waals surface area contributed by atoms with Gasteiger partial charge in [-0.05, 0) is 60.7 Å². The lowest BCUT2D eigenvalue weighted by Gasteiger charge is -2.15. The number of nitrogens with one attached hydrogen (secondary N) is 1. The molecule has 144 valence electrons. The summed E-state index contributed by atoms with van der Waals surface area (Å²) in [5.41, 5.74) is 7.62. The average Bonchev–Trinajstić information content (AvgIpc) is 2.71. The maximum Gasteiger partial charge on any atom is 0.262 e. The van der Waals surface area contributed by atoms with Gasteiger partial charge < -0.3 is 5.21 Å². The van der Waals surface area contributed by atoms with Crippen molar-refractivity contribution >= 4 is 21.2 Å². The molecule has 3 rings (SSSR count). The van der Waals surface area contributed by atoms with Crippen LogP contribution in [0.2, 0.25) is 0 Å². The normalized spacial score (nSPS) is 11.3. The van der Waals surface area contributed by atoms with Crippen LogP contribution in [0.3, 0.4) is 0 Å². The molecule has 0 aliphatic carbocycles. The van der Waals surface area contributed by atoms with Crippen molar-refractivity contribution in [1.82, 2.24) is 4.89 Å². The zero-order valence-corrected chi connectivity index (χ0v) is 16.9. The molecule has 0 radical (unpaired) electrons. The minimum atomic E-state index is -3.89. The highest BCUT2D eigenvalue weighted by Gasteiger charge is 2.14. The molecule has 3 aromatic rings. The van der Waals surface area contributed by atoms with Crippen molar-refractivity contribution in [3.05, 3.63) is 101 Å². The van der Waals surface area contributed by atoms with Crippen molar-refractivity contribution in [3.63, 3.8) is 0 Å². The van der Waals surface area contributed by atoms with Gasteiger partial charge in [-0.25, -0.2) is 8.42 Å². The van der Waals surface area contributed by atoms with Crippen LogP contribution in [0.15, 0.2) is 77.7 Å². The van der Waals surface area contributed by atoms with Gasteiger partial charge in [0.15, 0.2) is 0 Å². The van der Waals surface area contributed by atoms with Gasteiger partial charge in [-0.3, -0.25) is 0 Å². The van der Waals surface area contributed by atoms with E-state index in [1.807, 2.05) is 6.92 Å². The largest absolute Gasteiger partial charge is 0.302 e. The maximum atomic E-state index is 11.7. The average molecular weight is 394 g/mol. The number of rotatable bonds is 5. The first-order valence-corrected chi connectivity index (χ1v) is 10.4. The van der Waals surface area contributed by atoms with Crippen LogP contribution >= 0.6 is 0 Å². The smallest absolute Gasteiger partial charge is 0.262 e. The van der Waals surface area contributed by atoms with Crippen molar-refractivity contribution < 1.29 is 13.6 Å². The second-order valence-electron chi connectivity index (χ2n) is 6.85. The molecule has 28 heavy (non-hydrogen) atoms. The highest BCUT2D eigenvalue weighted by molar-refractivity contribution is 7.89. The molecule has 4 nitrogen and oxygen atoms in total. The summed E-state index contributed by atoms with van der Waals surface area (Å²) in [6.07, 6.45) is 0. The van der Waals surface area contributed by atoms with E-state index in [-0.39, 0.29) is 4.90 Å². The fraction of sp³-hybridized carbons (Fsp3) is 0.130. The van der Waals surface area contributed by atoms with E-state index in [4.69, 9.17) is 5.21 Å². The molecule has 5 heteroatoms. The molecule has 2 N–H and O–H groups in total. The fourth-order valence-corrected chi connectivity index (χ4v) is 3.72. The van der Waals surface area contributed by atoms with Gasteiger partial charge >= 0.3 is 0 Å². The van der Waals surface area contributed by atoms with Gasteiger partial charge in [-0.1, -0.05) is 76.7 Å². The molecule has 0 aliphatic rings. The molecule has 0 spiro atoms. The lowest BCUT2D eigenvalue weighted by molar-refractivity contribution is 0.242. The summed E-state index contributed by atoms with van der Waals surface area (Å²) in [4.78, 5) is 1.36. The Morgan fingerprint density at radius 2 is 1.11 bits per heavy atom. The Labute approximate surface area is 166 Å². The summed E-state index contributed by atoms with van der Waals surface area (Å²) in [7, 11) is -3.89. The summed E-state index contributed by atoms with van der Waals surface area (Å²) in [5, 5.41) is 8.81. The molecule has 0 fully saturated rings. The van der Waals surface area contributed by atoms with Crippen LogP contribution in [-0.4, -0.2) is 13.6 Å². The van der Waals surface area contributed by atoms with E-state index in [0.717, 1.165) is 27.8 Å². The van der Waals surface area contributed by atoms with Crippen molar-refractivity contribution in [2.75, 3.05) is 0 Å². The van der Waals surface area contributed by atoms with Crippen LogP contribution in [-0.2, 0) is 10.0 Å². The van der Waals surface area contributed by atoms with Crippen LogP contribution in [0.5, 0.6) is 0 Å². The number of sulfonamides is 1. The number of allylic oxidation sites excluding steroid dienone is 1. The van der Waals surface area contributed by atoms with E-state index in [1.165, 1.54) is 28.1 Å². The van der Waals surface area contributed by atoms with Crippen LogP contribution in [0.25, 0.3) is 11.1 Å². The van der Waals surface area contributed by atoms with Gasteiger partial charge in [0.2, 0.25) is 0 Å². The molecule has 0 amide bonds. The lowest BCUT2D eigenvalue weighted by atomic mass is 9.89. The van der Waals surface area contributed by atoms with E-state index < -0.39 is 10.0 Å². The van der Waals surface area contributed by atoms with Crippen LogP contribution in [0.4, 0.5) is 0 Å². The molecule has 0 unspecified atom stereocenters. The van der Waals surface area contributed by atoms with Crippen molar-refractivity contribution in [1.29, 1.82) is 0 Å². The topological polar surface area (TPSA) is 66.4 Å². The third kappa shape index (κ3) is 4.22. The first-order valence-electron chi connectivity index (χ1n) is 8.93. The van der Waals surface area contributed by atoms with Gasteiger partial charge in [0.25, 0.3) is 10.0 Å². The monoisotopic (exact) mass is 393 g/mol. The number of aryl methyl sites for hydroxylation is 2. The third-order valence-electron chi connectivity index (χ3n) is 4.77. The van der Waals surface area contributed by atoms with E-state index in [9.17, 15) is 8.42 Å². The minimum Gasteiger partial charge on any atom is -0.302 e. The standard InChI is InChI=1S/C23H23NO3S/c1-16-4-8-20(9-5-16)23(21-10-6-17(2)7-11-21)18(3)19-12-14-22(15-13-19)28(26,27)24-25/h4-15,24-25H,1-3H3. The van der Waals surface area contributed by atoms with E-state index in [2.05, 4.69) is 62.4 Å².